The van der Waals surface area contributed by atoms with Gasteiger partial charge in [-0.05, 0) is 31.9 Å². The van der Waals surface area contributed by atoms with Gasteiger partial charge >= 0.3 is 0 Å². The smallest absolute Gasteiger partial charge is 0.240 e. The minimum Gasteiger partial charge on any atom is -0.395 e. The van der Waals surface area contributed by atoms with Crippen molar-refractivity contribution in [3.05, 3.63) is 55.1 Å². The Hall–Kier alpha value is -1.47. The zero-order valence-corrected chi connectivity index (χ0v) is 13.5. The number of nitrogens with one attached hydrogen (secondary N) is 1. The molecule has 0 aliphatic heterocycles. The predicted octanol–water partition coefficient (Wildman–Crippen LogP) is 1.52. The third-order valence-electron chi connectivity index (χ3n) is 3.46. The van der Waals surface area contributed by atoms with Gasteiger partial charge in [-0.25, -0.2) is 13.1 Å². The summed E-state index contributed by atoms with van der Waals surface area (Å²) in [7, 11) is -3.85. The molecule has 0 radical (unpaired) electrons. The zero-order chi connectivity index (χ0) is 16.8. The first-order chi connectivity index (χ1) is 10.3. The Morgan fingerprint density at radius 3 is 2.14 bits per heavy atom. The molecule has 1 rings (SSSR count). The molecule has 1 aromatic carbocycles. The number of aliphatic hydroxyl groups excluding tert-OH is 1. The zero-order valence-electron chi connectivity index (χ0n) is 12.7. The molecular formula is C16H23NO4S. The van der Waals surface area contributed by atoms with Crippen LogP contribution in [0.1, 0.15) is 18.4 Å². The van der Waals surface area contributed by atoms with Crippen molar-refractivity contribution >= 4 is 10.0 Å². The Morgan fingerprint density at radius 1 is 1.23 bits per heavy atom. The second-order valence-electron chi connectivity index (χ2n) is 5.26. The molecule has 0 aliphatic carbocycles. The maximum Gasteiger partial charge on any atom is 0.240 e. The van der Waals surface area contributed by atoms with E-state index in [1.807, 2.05) is 6.92 Å². The van der Waals surface area contributed by atoms with Gasteiger partial charge in [0.05, 0.1) is 23.1 Å². The fourth-order valence-electron chi connectivity index (χ4n) is 2.16. The first kappa shape index (κ1) is 18.6. The predicted molar refractivity (Wildman–Crippen MR) is 87.0 cm³/mol. The molecule has 22 heavy (non-hydrogen) atoms. The average molecular weight is 325 g/mol. The topological polar surface area (TPSA) is 86.6 Å². The Balaban J connectivity index is 3.07. The van der Waals surface area contributed by atoms with E-state index in [-0.39, 0.29) is 17.7 Å². The molecule has 0 aromatic heterocycles. The van der Waals surface area contributed by atoms with Crippen molar-refractivity contribution in [1.29, 1.82) is 0 Å². The third-order valence-corrected chi connectivity index (χ3v) is 4.94. The summed E-state index contributed by atoms with van der Waals surface area (Å²) < 4.78 is 27.1. The summed E-state index contributed by atoms with van der Waals surface area (Å²) in [5.41, 5.74) is -0.539. The van der Waals surface area contributed by atoms with E-state index in [1.165, 1.54) is 24.3 Å². The van der Waals surface area contributed by atoms with Crippen LogP contribution in [0.4, 0.5) is 0 Å². The number of rotatable bonds is 9. The van der Waals surface area contributed by atoms with E-state index < -0.39 is 28.3 Å². The minimum absolute atomic E-state index is 0.0797. The highest BCUT2D eigenvalue weighted by atomic mass is 32.2. The van der Waals surface area contributed by atoms with Gasteiger partial charge in [0, 0.05) is 0 Å². The summed E-state index contributed by atoms with van der Waals surface area (Å²) >= 11 is 0. The molecule has 0 saturated heterocycles. The van der Waals surface area contributed by atoms with Crippen molar-refractivity contribution in [2.24, 2.45) is 0 Å². The van der Waals surface area contributed by atoms with Gasteiger partial charge in [-0.1, -0.05) is 29.8 Å². The third kappa shape index (κ3) is 4.51. The second kappa shape index (κ2) is 7.69. The molecule has 0 fully saturated rings. The largest absolute Gasteiger partial charge is 0.395 e. The molecule has 0 spiro atoms. The first-order valence-corrected chi connectivity index (χ1v) is 8.41. The number of aryl methyl sites for hydroxylation is 1. The maximum absolute atomic E-state index is 12.4. The molecule has 0 aliphatic rings. The number of benzene rings is 1. The summed E-state index contributed by atoms with van der Waals surface area (Å²) in [6.07, 6.45) is 3.21. The molecule has 0 bridgehead atoms. The fraction of sp³-hybridized carbons (Fsp3) is 0.375. The van der Waals surface area contributed by atoms with E-state index in [1.54, 1.807) is 12.1 Å². The Bertz CT molecular complexity index is 598. The van der Waals surface area contributed by atoms with Crippen LogP contribution in [0.25, 0.3) is 0 Å². The summed E-state index contributed by atoms with van der Waals surface area (Å²) in [4.78, 5) is 0.0797. The minimum atomic E-state index is -3.85. The van der Waals surface area contributed by atoms with Crippen LogP contribution in [0.2, 0.25) is 0 Å². The molecule has 1 aromatic rings. The van der Waals surface area contributed by atoms with Crippen LogP contribution >= 0.6 is 0 Å². The number of aliphatic hydroxyl groups is 2. The molecule has 0 saturated carbocycles. The molecule has 6 heteroatoms. The van der Waals surface area contributed by atoms with E-state index in [0.717, 1.165) is 5.56 Å². The van der Waals surface area contributed by atoms with Crippen LogP contribution in [0.5, 0.6) is 0 Å². The van der Waals surface area contributed by atoms with Crippen molar-refractivity contribution in [3.8, 4) is 0 Å². The van der Waals surface area contributed by atoms with Gasteiger partial charge in [-0.2, -0.15) is 0 Å². The summed E-state index contributed by atoms with van der Waals surface area (Å²) in [5.74, 6) is 0. The molecule has 0 amide bonds. The van der Waals surface area contributed by atoms with Gasteiger partial charge in [0.25, 0.3) is 0 Å². The van der Waals surface area contributed by atoms with E-state index in [0.29, 0.717) is 0 Å². The highest BCUT2D eigenvalue weighted by Crippen LogP contribution is 2.23. The summed E-state index contributed by atoms with van der Waals surface area (Å²) in [6, 6.07) is 5.26. The normalized spacial score (nSPS) is 13.6. The molecule has 5 nitrogen and oxygen atoms in total. The SMILES string of the molecule is C=CCC(O)(CC=C)C(CO)NS(=O)(=O)c1ccc(C)cc1. The standard InChI is InChI=1S/C16H23NO4S/c1-4-10-16(19,11-5-2)15(12-18)17-22(20,21)14-8-6-13(3)7-9-14/h4-9,15,17-19H,1-2,10-12H2,3H3. The van der Waals surface area contributed by atoms with E-state index >= 15 is 0 Å². The molecular weight excluding hydrogens is 302 g/mol. The monoisotopic (exact) mass is 325 g/mol. The van der Waals surface area contributed by atoms with Crippen LogP contribution in [-0.2, 0) is 10.0 Å². The van der Waals surface area contributed by atoms with Crippen LogP contribution < -0.4 is 4.72 Å². The highest BCUT2D eigenvalue weighted by Gasteiger charge is 2.37. The lowest BCUT2D eigenvalue weighted by Gasteiger charge is -2.34. The summed E-state index contributed by atoms with van der Waals surface area (Å²) in [5, 5.41) is 20.1. The molecule has 1 unspecified atom stereocenters. The Labute approximate surface area is 132 Å². The Kier molecular flexibility index (Phi) is 6.49. The lowest BCUT2D eigenvalue weighted by Crippen LogP contribution is -2.54. The molecule has 0 heterocycles. The second-order valence-corrected chi connectivity index (χ2v) is 6.97. The van der Waals surface area contributed by atoms with Crippen LogP contribution in [0, 0.1) is 6.92 Å². The first-order valence-electron chi connectivity index (χ1n) is 6.93. The quantitative estimate of drug-likeness (QED) is 0.601. The maximum atomic E-state index is 12.4. The van der Waals surface area contributed by atoms with Crippen molar-refractivity contribution in [1.82, 2.24) is 4.72 Å². The van der Waals surface area contributed by atoms with Crippen LogP contribution in [-0.4, -0.2) is 36.9 Å². The van der Waals surface area contributed by atoms with Gasteiger partial charge < -0.3 is 10.2 Å². The van der Waals surface area contributed by atoms with Crippen molar-refractivity contribution in [2.75, 3.05) is 6.61 Å². The number of sulfonamides is 1. The van der Waals surface area contributed by atoms with Gasteiger partial charge in [0.15, 0.2) is 0 Å². The van der Waals surface area contributed by atoms with Crippen LogP contribution in [0.3, 0.4) is 0 Å². The molecule has 1 atom stereocenters. The average Bonchev–Trinajstić information content (AvgIpc) is 2.45. The van der Waals surface area contributed by atoms with Gasteiger partial charge in [0.2, 0.25) is 10.0 Å². The number of hydrogen-bond acceptors (Lipinski definition) is 4. The van der Waals surface area contributed by atoms with Gasteiger partial charge in [0.1, 0.15) is 0 Å². The highest BCUT2D eigenvalue weighted by molar-refractivity contribution is 7.89. The van der Waals surface area contributed by atoms with Gasteiger partial charge in [-0.3, -0.25) is 0 Å². The Morgan fingerprint density at radius 2 is 1.73 bits per heavy atom. The molecule has 122 valence electrons. The van der Waals surface area contributed by atoms with Gasteiger partial charge in [-0.15, -0.1) is 13.2 Å². The van der Waals surface area contributed by atoms with Crippen molar-refractivity contribution in [2.45, 2.75) is 36.3 Å². The van der Waals surface area contributed by atoms with Crippen molar-refractivity contribution in [3.63, 3.8) is 0 Å². The lowest BCUT2D eigenvalue weighted by atomic mass is 9.88. The van der Waals surface area contributed by atoms with E-state index in [4.69, 9.17) is 0 Å². The summed E-state index contributed by atoms with van der Waals surface area (Å²) in [6.45, 7) is 8.43. The number of hydrogen-bond donors (Lipinski definition) is 3. The van der Waals surface area contributed by atoms with E-state index in [9.17, 15) is 18.6 Å². The van der Waals surface area contributed by atoms with Crippen LogP contribution in [0.15, 0.2) is 54.5 Å². The fourth-order valence-corrected chi connectivity index (χ4v) is 3.46. The van der Waals surface area contributed by atoms with Crippen molar-refractivity contribution < 1.29 is 18.6 Å². The lowest BCUT2D eigenvalue weighted by molar-refractivity contribution is -0.00455. The molecule has 3 N–H and O–H groups in total. The van der Waals surface area contributed by atoms with E-state index in [2.05, 4.69) is 17.9 Å².